The molecule has 34 heavy (non-hydrogen) atoms. The van der Waals surface area contributed by atoms with Crippen molar-refractivity contribution in [3.63, 3.8) is 0 Å². The van der Waals surface area contributed by atoms with Gasteiger partial charge >= 0.3 is 0 Å². The lowest BCUT2D eigenvalue weighted by Crippen LogP contribution is -2.54. The van der Waals surface area contributed by atoms with E-state index in [0.717, 1.165) is 23.7 Å². The molecular formula is C28H31N5O. The van der Waals surface area contributed by atoms with E-state index in [9.17, 15) is 4.79 Å². The van der Waals surface area contributed by atoms with Gasteiger partial charge in [0, 0.05) is 43.8 Å². The van der Waals surface area contributed by atoms with Gasteiger partial charge in [0.05, 0.1) is 11.4 Å². The number of nitrogens with zero attached hydrogens (tertiary/aromatic N) is 5. The van der Waals surface area contributed by atoms with Crippen molar-refractivity contribution in [2.24, 2.45) is 0 Å². The van der Waals surface area contributed by atoms with E-state index in [2.05, 4.69) is 62.1 Å². The highest BCUT2D eigenvalue weighted by atomic mass is 16.2. The Hall–Kier alpha value is -3.80. The van der Waals surface area contributed by atoms with Crippen molar-refractivity contribution in [3.8, 4) is 11.5 Å². The summed E-state index contributed by atoms with van der Waals surface area (Å²) in [5.41, 5.74) is 5.99. The first-order valence-corrected chi connectivity index (χ1v) is 11.8. The Balaban J connectivity index is 1.48. The maximum Gasteiger partial charge on any atom is 0.259 e. The standard InChI is InChI=1S/C28H31N5O/c1-20-10-12-24(13-11-20)33-27(30-14-5-6-15-30)26(23(4)29-33)28(34)31-16-17-32(22(3)19-31)25-9-7-8-21(2)18-25/h5-15,18,22H,16-17,19H2,1-4H3. The molecule has 1 atom stereocenters. The summed E-state index contributed by atoms with van der Waals surface area (Å²) in [6.07, 6.45) is 3.94. The van der Waals surface area contributed by atoms with Crippen molar-refractivity contribution in [2.75, 3.05) is 24.5 Å². The van der Waals surface area contributed by atoms with Crippen LogP contribution in [0.1, 0.15) is 34.1 Å². The summed E-state index contributed by atoms with van der Waals surface area (Å²) >= 11 is 0. The van der Waals surface area contributed by atoms with Gasteiger partial charge in [-0.15, -0.1) is 0 Å². The highest BCUT2D eigenvalue weighted by Gasteiger charge is 2.32. The number of amides is 1. The lowest BCUT2D eigenvalue weighted by molar-refractivity contribution is 0.0725. The van der Waals surface area contributed by atoms with Crippen LogP contribution < -0.4 is 4.90 Å². The van der Waals surface area contributed by atoms with Crippen LogP contribution in [0.15, 0.2) is 73.1 Å². The van der Waals surface area contributed by atoms with Crippen molar-refractivity contribution in [1.82, 2.24) is 19.2 Å². The minimum atomic E-state index is 0.0373. The molecule has 2 aromatic carbocycles. The van der Waals surface area contributed by atoms with Gasteiger partial charge in [-0.2, -0.15) is 5.10 Å². The summed E-state index contributed by atoms with van der Waals surface area (Å²) in [6, 6.07) is 21.0. The highest BCUT2D eigenvalue weighted by molar-refractivity contribution is 5.99. The molecule has 0 spiro atoms. The van der Waals surface area contributed by atoms with E-state index in [-0.39, 0.29) is 11.9 Å². The second-order valence-electron chi connectivity index (χ2n) is 9.25. The fourth-order valence-electron chi connectivity index (χ4n) is 4.84. The number of piperazine rings is 1. The van der Waals surface area contributed by atoms with Crippen LogP contribution in [0.5, 0.6) is 0 Å². The van der Waals surface area contributed by atoms with Crippen molar-refractivity contribution in [2.45, 2.75) is 33.7 Å². The number of anilines is 1. The molecule has 174 valence electrons. The molecule has 1 aliphatic rings. The van der Waals surface area contributed by atoms with E-state index < -0.39 is 0 Å². The minimum Gasteiger partial charge on any atom is -0.365 e. The Bertz CT molecular complexity index is 1300. The summed E-state index contributed by atoms with van der Waals surface area (Å²) in [6.45, 7) is 10.5. The van der Waals surface area contributed by atoms with Crippen molar-refractivity contribution >= 4 is 11.6 Å². The Labute approximate surface area is 201 Å². The zero-order valence-corrected chi connectivity index (χ0v) is 20.3. The van der Waals surface area contributed by atoms with Crippen molar-refractivity contribution in [1.29, 1.82) is 0 Å². The normalized spacial score (nSPS) is 16.2. The fraction of sp³-hybridized carbons (Fsp3) is 0.286. The number of aromatic nitrogens is 3. The summed E-state index contributed by atoms with van der Waals surface area (Å²) in [5, 5.41) is 4.81. The van der Waals surface area contributed by atoms with E-state index in [0.29, 0.717) is 18.7 Å². The zero-order chi connectivity index (χ0) is 23.8. The molecule has 1 saturated heterocycles. The Kier molecular flexibility index (Phi) is 5.74. The van der Waals surface area contributed by atoms with Crippen LogP contribution in [-0.2, 0) is 0 Å². The molecule has 0 N–H and O–H groups in total. The van der Waals surface area contributed by atoms with Gasteiger partial charge in [0.1, 0.15) is 5.56 Å². The first-order valence-electron chi connectivity index (χ1n) is 11.8. The Morgan fingerprint density at radius 2 is 1.62 bits per heavy atom. The SMILES string of the molecule is Cc1ccc(-n2nc(C)c(C(=O)N3CCN(c4cccc(C)c4)C(C)C3)c2-n2cccc2)cc1. The number of aryl methyl sites for hydroxylation is 3. The molecule has 6 nitrogen and oxygen atoms in total. The van der Waals surface area contributed by atoms with Gasteiger partial charge in [-0.1, -0.05) is 29.8 Å². The number of hydrogen-bond acceptors (Lipinski definition) is 3. The zero-order valence-electron chi connectivity index (χ0n) is 20.3. The maximum atomic E-state index is 13.9. The molecule has 4 aromatic rings. The van der Waals surface area contributed by atoms with Gasteiger partial charge in [-0.25, -0.2) is 4.68 Å². The molecular weight excluding hydrogens is 422 g/mol. The third-order valence-electron chi connectivity index (χ3n) is 6.63. The second kappa shape index (κ2) is 8.86. The minimum absolute atomic E-state index is 0.0373. The maximum absolute atomic E-state index is 13.9. The van der Waals surface area contributed by atoms with Crippen LogP contribution in [0.25, 0.3) is 11.5 Å². The number of carbonyl (C=O) groups excluding carboxylic acids is 1. The number of hydrogen-bond donors (Lipinski definition) is 0. The predicted molar refractivity (Wildman–Crippen MR) is 136 cm³/mol. The topological polar surface area (TPSA) is 46.3 Å². The molecule has 2 aromatic heterocycles. The van der Waals surface area contributed by atoms with Crippen molar-refractivity contribution in [3.05, 3.63) is 95.4 Å². The van der Waals surface area contributed by atoms with Crippen LogP contribution >= 0.6 is 0 Å². The molecule has 0 aliphatic carbocycles. The number of rotatable bonds is 4. The average molecular weight is 454 g/mol. The van der Waals surface area contributed by atoms with Crippen LogP contribution in [0, 0.1) is 20.8 Å². The van der Waals surface area contributed by atoms with Gasteiger partial charge in [0.15, 0.2) is 5.82 Å². The van der Waals surface area contributed by atoms with Crippen LogP contribution in [-0.4, -0.2) is 50.8 Å². The predicted octanol–water partition coefficient (Wildman–Crippen LogP) is 4.94. The molecule has 0 bridgehead atoms. The highest BCUT2D eigenvalue weighted by Crippen LogP contribution is 2.27. The third kappa shape index (κ3) is 4.00. The number of carbonyl (C=O) groups is 1. The summed E-state index contributed by atoms with van der Waals surface area (Å²) < 4.78 is 3.87. The Morgan fingerprint density at radius 1 is 0.882 bits per heavy atom. The quantitative estimate of drug-likeness (QED) is 0.440. The van der Waals surface area contributed by atoms with Crippen LogP contribution in [0.4, 0.5) is 5.69 Å². The molecule has 3 heterocycles. The van der Waals surface area contributed by atoms with Gasteiger partial charge in [-0.3, -0.25) is 4.79 Å². The molecule has 1 amide bonds. The summed E-state index contributed by atoms with van der Waals surface area (Å²) in [7, 11) is 0. The first kappa shape index (κ1) is 22.0. The van der Waals surface area contributed by atoms with E-state index in [4.69, 9.17) is 5.10 Å². The van der Waals surface area contributed by atoms with Gasteiger partial charge in [0.2, 0.25) is 0 Å². The van der Waals surface area contributed by atoms with E-state index in [1.165, 1.54) is 16.8 Å². The third-order valence-corrected chi connectivity index (χ3v) is 6.63. The summed E-state index contributed by atoms with van der Waals surface area (Å²) in [5.74, 6) is 0.820. The van der Waals surface area contributed by atoms with Gasteiger partial charge < -0.3 is 14.4 Å². The largest absolute Gasteiger partial charge is 0.365 e. The fourth-order valence-corrected chi connectivity index (χ4v) is 4.84. The lowest BCUT2D eigenvalue weighted by atomic mass is 10.1. The summed E-state index contributed by atoms with van der Waals surface area (Å²) in [4.78, 5) is 18.3. The molecule has 6 heteroatoms. The molecule has 1 unspecified atom stereocenters. The van der Waals surface area contributed by atoms with E-state index in [1.807, 2.05) is 57.7 Å². The van der Waals surface area contributed by atoms with Crippen LogP contribution in [0.2, 0.25) is 0 Å². The van der Waals surface area contributed by atoms with Crippen molar-refractivity contribution < 1.29 is 4.79 Å². The van der Waals surface area contributed by atoms with E-state index in [1.54, 1.807) is 0 Å². The molecule has 1 aliphatic heterocycles. The molecule has 0 radical (unpaired) electrons. The number of benzene rings is 2. The Morgan fingerprint density at radius 3 is 2.29 bits per heavy atom. The first-order chi connectivity index (χ1) is 16.4. The van der Waals surface area contributed by atoms with Crippen LogP contribution in [0.3, 0.4) is 0 Å². The monoisotopic (exact) mass is 453 g/mol. The van der Waals surface area contributed by atoms with Gasteiger partial charge in [0.25, 0.3) is 5.91 Å². The average Bonchev–Trinajstić information content (AvgIpc) is 3.47. The van der Waals surface area contributed by atoms with Gasteiger partial charge in [-0.05, 0) is 69.7 Å². The smallest absolute Gasteiger partial charge is 0.259 e. The lowest BCUT2D eigenvalue weighted by Gasteiger charge is -2.41. The second-order valence-corrected chi connectivity index (χ2v) is 9.25. The molecule has 0 saturated carbocycles. The molecule has 5 rings (SSSR count). The van der Waals surface area contributed by atoms with E-state index >= 15 is 0 Å². The molecule has 1 fully saturated rings.